The van der Waals surface area contributed by atoms with E-state index in [1.165, 1.54) is 28.9 Å². The highest BCUT2D eigenvalue weighted by Gasteiger charge is 2.39. The summed E-state index contributed by atoms with van der Waals surface area (Å²) in [5, 5.41) is 28.5. The van der Waals surface area contributed by atoms with Crippen molar-refractivity contribution in [3.63, 3.8) is 0 Å². The SMILES string of the molecule is O=c1n(Cc2nc(CO)n(-c3cccc(Cl)c3)n2)nc(-c2ccc(Cl)cc2)n1C[C@H](O)C(F)(F)F. The molecule has 1 atom stereocenters. The lowest BCUT2D eigenvalue weighted by Gasteiger charge is -2.15. The van der Waals surface area contributed by atoms with Gasteiger partial charge in [0.05, 0.1) is 12.2 Å². The van der Waals surface area contributed by atoms with E-state index in [-0.39, 0.29) is 24.0 Å². The lowest BCUT2D eigenvalue weighted by atomic mass is 10.2. The van der Waals surface area contributed by atoms with E-state index in [1.54, 1.807) is 24.3 Å². The molecule has 9 nitrogen and oxygen atoms in total. The number of nitrogens with zero attached hydrogens (tertiary/aromatic N) is 6. The van der Waals surface area contributed by atoms with Crippen LogP contribution in [0.2, 0.25) is 10.0 Å². The lowest BCUT2D eigenvalue weighted by molar-refractivity contribution is -0.207. The molecule has 0 amide bonds. The molecule has 0 spiro atoms. The Labute approximate surface area is 205 Å². The van der Waals surface area contributed by atoms with Crippen LogP contribution in [0.4, 0.5) is 13.2 Å². The maximum absolute atomic E-state index is 13.0. The van der Waals surface area contributed by atoms with Crippen molar-refractivity contribution in [2.75, 3.05) is 0 Å². The topological polar surface area (TPSA) is 111 Å². The number of hydrogen-bond acceptors (Lipinski definition) is 6. The lowest BCUT2D eigenvalue weighted by Crippen LogP contribution is -2.37. The van der Waals surface area contributed by atoms with Crippen molar-refractivity contribution in [2.24, 2.45) is 0 Å². The van der Waals surface area contributed by atoms with Gasteiger partial charge in [-0.2, -0.15) is 13.2 Å². The third kappa shape index (κ3) is 5.40. The summed E-state index contributed by atoms with van der Waals surface area (Å²) in [6.45, 7) is -1.85. The molecule has 0 saturated carbocycles. The molecule has 0 radical (unpaired) electrons. The van der Waals surface area contributed by atoms with E-state index in [0.29, 0.717) is 21.3 Å². The van der Waals surface area contributed by atoms with Crippen molar-refractivity contribution < 1.29 is 23.4 Å². The molecule has 14 heteroatoms. The van der Waals surface area contributed by atoms with Crippen molar-refractivity contribution >= 4 is 23.2 Å². The van der Waals surface area contributed by atoms with E-state index in [4.69, 9.17) is 23.2 Å². The highest BCUT2D eigenvalue weighted by Crippen LogP contribution is 2.24. The fourth-order valence-electron chi connectivity index (χ4n) is 3.31. The van der Waals surface area contributed by atoms with E-state index in [1.807, 2.05) is 0 Å². The van der Waals surface area contributed by atoms with Crippen molar-refractivity contribution in [3.8, 4) is 17.1 Å². The fraction of sp³-hybridized carbons (Fsp3) is 0.238. The number of rotatable bonds is 7. The van der Waals surface area contributed by atoms with Gasteiger partial charge in [0.25, 0.3) is 0 Å². The second-order valence-corrected chi connectivity index (χ2v) is 8.31. The molecule has 0 fully saturated rings. The summed E-state index contributed by atoms with van der Waals surface area (Å²) in [4.78, 5) is 17.2. The number of benzene rings is 2. The first-order chi connectivity index (χ1) is 16.6. The Hall–Kier alpha value is -3.19. The van der Waals surface area contributed by atoms with Crippen LogP contribution in [0.15, 0.2) is 53.3 Å². The van der Waals surface area contributed by atoms with Crippen LogP contribution in [-0.4, -0.2) is 51.6 Å². The Morgan fingerprint density at radius 1 is 1.03 bits per heavy atom. The fourth-order valence-corrected chi connectivity index (χ4v) is 3.62. The van der Waals surface area contributed by atoms with E-state index in [2.05, 4.69) is 15.2 Å². The summed E-state index contributed by atoms with van der Waals surface area (Å²) in [5.74, 6) is 0.117. The van der Waals surface area contributed by atoms with Crippen LogP contribution in [0.5, 0.6) is 0 Å². The van der Waals surface area contributed by atoms with E-state index < -0.39 is 31.1 Å². The van der Waals surface area contributed by atoms with Crippen molar-refractivity contribution in [1.29, 1.82) is 0 Å². The summed E-state index contributed by atoms with van der Waals surface area (Å²) in [5.41, 5.74) is -0.0932. The van der Waals surface area contributed by atoms with Crippen LogP contribution in [-0.2, 0) is 19.7 Å². The van der Waals surface area contributed by atoms with Gasteiger partial charge in [-0.15, -0.1) is 10.2 Å². The maximum Gasteiger partial charge on any atom is 0.416 e. The van der Waals surface area contributed by atoms with Crippen molar-refractivity contribution in [3.05, 3.63) is 80.7 Å². The highest BCUT2D eigenvalue weighted by molar-refractivity contribution is 6.31. The number of aliphatic hydroxyl groups excluding tert-OH is 2. The molecule has 2 aromatic heterocycles. The standard InChI is InChI=1S/C21H17Cl2F3N6O3/c22-13-6-4-12(5-7-13)19-29-31(20(35)30(19)9-16(34)21(24,25)26)10-17-27-18(11-33)32(28-17)15-3-1-2-14(23)8-15/h1-8,16,33-34H,9-11H2/t16-/m0/s1. The first kappa shape index (κ1) is 24.9. The average Bonchev–Trinajstić information content (AvgIpc) is 3.35. The quantitative estimate of drug-likeness (QED) is 0.381. The minimum Gasteiger partial charge on any atom is -0.388 e. The molecule has 0 aliphatic rings. The second kappa shape index (κ2) is 9.82. The Balaban J connectivity index is 1.75. The summed E-state index contributed by atoms with van der Waals surface area (Å²) >= 11 is 11.9. The van der Waals surface area contributed by atoms with E-state index in [9.17, 15) is 28.2 Å². The van der Waals surface area contributed by atoms with Crippen LogP contribution in [0.3, 0.4) is 0 Å². The molecular formula is C21H17Cl2F3N6O3. The van der Waals surface area contributed by atoms with Crippen LogP contribution in [0.1, 0.15) is 11.6 Å². The van der Waals surface area contributed by atoms with Crippen LogP contribution < -0.4 is 5.69 Å². The van der Waals surface area contributed by atoms with Crippen molar-refractivity contribution in [1.82, 2.24) is 29.1 Å². The molecule has 2 N–H and O–H groups in total. The third-order valence-electron chi connectivity index (χ3n) is 4.96. The number of alkyl halides is 3. The molecule has 0 aliphatic carbocycles. The first-order valence-electron chi connectivity index (χ1n) is 10.1. The van der Waals surface area contributed by atoms with Gasteiger partial charge in [-0.3, -0.25) is 4.57 Å². The van der Waals surface area contributed by atoms with Gasteiger partial charge >= 0.3 is 11.9 Å². The zero-order valence-electron chi connectivity index (χ0n) is 17.7. The Morgan fingerprint density at radius 2 is 1.74 bits per heavy atom. The van der Waals surface area contributed by atoms with Gasteiger partial charge in [0.15, 0.2) is 23.6 Å². The normalized spacial score (nSPS) is 12.8. The molecule has 0 saturated heterocycles. The number of aromatic nitrogens is 6. The minimum absolute atomic E-state index is 0.0693. The Bertz CT molecular complexity index is 1400. The zero-order valence-corrected chi connectivity index (χ0v) is 19.2. The maximum atomic E-state index is 13.0. The molecule has 0 aliphatic heterocycles. The Kier molecular flexibility index (Phi) is 6.99. The number of aliphatic hydroxyl groups is 2. The molecule has 0 bridgehead atoms. The van der Waals surface area contributed by atoms with E-state index >= 15 is 0 Å². The Morgan fingerprint density at radius 3 is 2.37 bits per heavy atom. The smallest absolute Gasteiger partial charge is 0.388 e. The minimum atomic E-state index is -4.94. The van der Waals surface area contributed by atoms with Crippen LogP contribution >= 0.6 is 23.2 Å². The highest BCUT2D eigenvalue weighted by atomic mass is 35.5. The number of hydrogen-bond donors (Lipinski definition) is 2. The largest absolute Gasteiger partial charge is 0.416 e. The zero-order chi connectivity index (χ0) is 25.3. The summed E-state index contributed by atoms with van der Waals surface area (Å²) in [6.07, 6.45) is -7.73. The average molecular weight is 529 g/mol. The molecule has 2 heterocycles. The molecule has 184 valence electrons. The third-order valence-corrected chi connectivity index (χ3v) is 5.45. The molecular weight excluding hydrogens is 512 g/mol. The van der Waals surface area contributed by atoms with Gasteiger partial charge in [0, 0.05) is 15.6 Å². The predicted molar refractivity (Wildman–Crippen MR) is 120 cm³/mol. The monoisotopic (exact) mass is 528 g/mol. The first-order valence-corrected chi connectivity index (χ1v) is 10.8. The van der Waals surface area contributed by atoms with Gasteiger partial charge in [0.2, 0.25) is 0 Å². The van der Waals surface area contributed by atoms with Crippen molar-refractivity contribution in [2.45, 2.75) is 32.0 Å². The summed E-state index contributed by atoms with van der Waals surface area (Å²) < 4.78 is 42.0. The molecule has 2 aromatic carbocycles. The molecule has 35 heavy (non-hydrogen) atoms. The van der Waals surface area contributed by atoms with Gasteiger partial charge in [-0.05, 0) is 42.5 Å². The van der Waals surface area contributed by atoms with Crippen LogP contribution in [0, 0.1) is 0 Å². The van der Waals surface area contributed by atoms with Gasteiger partial charge < -0.3 is 10.2 Å². The van der Waals surface area contributed by atoms with Crippen LogP contribution in [0.25, 0.3) is 17.1 Å². The summed E-state index contributed by atoms with van der Waals surface area (Å²) in [6, 6.07) is 12.6. The summed E-state index contributed by atoms with van der Waals surface area (Å²) in [7, 11) is 0. The molecule has 4 aromatic rings. The van der Waals surface area contributed by atoms with Gasteiger partial charge in [-0.25, -0.2) is 19.1 Å². The predicted octanol–water partition coefficient (Wildman–Crippen LogP) is 3.06. The number of halogens is 5. The van der Waals surface area contributed by atoms with Gasteiger partial charge in [-0.1, -0.05) is 29.3 Å². The van der Waals surface area contributed by atoms with Gasteiger partial charge in [0.1, 0.15) is 13.2 Å². The van der Waals surface area contributed by atoms with E-state index in [0.717, 1.165) is 9.25 Å². The molecule has 0 unspecified atom stereocenters. The second-order valence-electron chi connectivity index (χ2n) is 7.43. The molecule has 4 rings (SSSR count).